The highest BCUT2D eigenvalue weighted by Gasteiger charge is 2.32. The van der Waals surface area contributed by atoms with Crippen molar-refractivity contribution >= 4 is 27.5 Å². The maximum atomic E-state index is 14.2. The fraction of sp³-hybridized carbons (Fsp3) is 0.444. The van der Waals surface area contributed by atoms with Crippen LogP contribution in [0.3, 0.4) is 0 Å². The minimum atomic E-state index is -3.59. The Kier molecular flexibility index (Phi) is 12.0. The van der Waals surface area contributed by atoms with Gasteiger partial charge in [-0.25, -0.2) is 8.42 Å². The minimum absolute atomic E-state index is 0.0862. The van der Waals surface area contributed by atoms with E-state index in [0.29, 0.717) is 24.3 Å². The second-order valence-electron chi connectivity index (χ2n) is 12.2. The summed E-state index contributed by atoms with van der Waals surface area (Å²) in [7, 11) is -1.99. The number of ether oxygens (including phenoxy) is 1. The Morgan fingerprint density at radius 2 is 1.64 bits per heavy atom. The summed E-state index contributed by atoms with van der Waals surface area (Å²) in [5, 5.41) is 3.27. The number of anilines is 1. The molecule has 0 saturated heterocycles. The first-order valence-electron chi connectivity index (χ1n) is 15.9. The summed E-state index contributed by atoms with van der Waals surface area (Å²) in [6.07, 6.45) is 7.16. The molecule has 4 rings (SSSR count). The van der Waals surface area contributed by atoms with Crippen LogP contribution < -0.4 is 14.4 Å². The Morgan fingerprint density at radius 1 is 0.933 bits per heavy atom. The normalized spacial score (nSPS) is 14.4. The van der Waals surface area contributed by atoms with E-state index >= 15 is 0 Å². The van der Waals surface area contributed by atoms with Crippen LogP contribution in [-0.4, -0.2) is 57.1 Å². The molecule has 3 aromatic carbocycles. The van der Waals surface area contributed by atoms with Crippen molar-refractivity contribution in [1.29, 1.82) is 0 Å². The van der Waals surface area contributed by atoms with E-state index in [-0.39, 0.29) is 37.4 Å². The SMILES string of the molecule is COc1cccc(CN(C(=O)CCCN(c2cc(C)ccc2C)S(C)(=O)=O)[C@@H](Cc2ccccc2)C(=O)NC2CCCCC2)c1. The lowest BCUT2D eigenvalue weighted by molar-refractivity contribution is -0.141. The first-order valence-corrected chi connectivity index (χ1v) is 17.7. The molecule has 0 unspecified atom stereocenters. The van der Waals surface area contributed by atoms with Crippen molar-refractivity contribution in [3.8, 4) is 5.75 Å². The maximum absolute atomic E-state index is 14.2. The highest BCUT2D eigenvalue weighted by molar-refractivity contribution is 7.92. The largest absolute Gasteiger partial charge is 0.497 e. The van der Waals surface area contributed by atoms with Gasteiger partial charge in [0.05, 0.1) is 19.1 Å². The number of aryl methyl sites for hydroxylation is 2. The van der Waals surface area contributed by atoms with Crippen molar-refractivity contribution in [3.63, 3.8) is 0 Å². The van der Waals surface area contributed by atoms with E-state index in [9.17, 15) is 18.0 Å². The molecule has 0 aliphatic heterocycles. The highest BCUT2D eigenvalue weighted by atomic mass is 32.2. The fourth-order valence-electron chi connectivity index (χ4n) is 6.04. The van der Waals surface area contributed by atoms with Gasteiger partial charge in [0, 0.05) is 32.0 Å². The summed E-state index contributed by atoms with van der Waals surface area (Å²) in [6, 6.07) is 22.4. The molecule has 242 valence electrons. The number of amides is 2. The van der Waals surface area contributed by atoms with Crippen molar-refractivity contribution in [2.45, 2.75) is 83.8 Å². The van der Waals surface area contributed by atoms with Gasteiger partial charge in [-0.2, -0.15) is 0 Å². The molecule has 3 aromatic rings. The lowest BCUT2D eigenvalue weighted by Gasteiger charge is -2.34. The zero-order valence-electron chi connectivity index (χ0n) is 27.0. The first kappa shape index (κ1) is 34.0. The molecule has 1 aliphatic carbocycles. The van der Waals surface area contributed by atoms with Crippen molar-refractivity contribution in [1.82, 2.24) is 10.2 Å². The standard InChI is InChI=1S/C36H47N3O5S/c1-27-20-21-28(2)33(23-27)39(45(4,42)43)22-12-19-35(40)38(26-30-15-11-18-32(24-30)44-3)34(25-29-13-7-5-8-14-29)36(41)37-31-16-9-6-10-17-31/h5,7-8,11,13-15,18,20-21,23-24,31,34H,6,9-10,12,16-17,19,22,25-26H2,1-4H3,(H,37,41)/t34-/m0/s1. The first-order chi connectivity index (χ1) is 21.5. The van der Waals surface area contributed by atoms with Gasteiger partial charge in [0.15, 0.2) is 0 Å². The van der Waals surface area contributed by atoms with Gasteiger partial charge in [-0.15, -0.1) is 0 Å². The van der Waals surface area contributed by atoms with Crippen LogP contribution in [0.15, 0.2) is 72.8 Å². The number of methoxy groups -OCH3 is 1. The van der Waals surface area contributed by atoms with E-state index in [1.807, 2.05) is 86.6 Å². The Balaban J connectivity index is 1.62. The zero-order chi connectivity index (χ0) is 32.4. The summed E-state index contributed by atoms with van der Waals surface area (Å²) >= 11 is 0. The van der Waals surface area contributed by atoms with Crippen LogP contribution in [0.5, 0.6) is 5.75 Å². The molecule has 9 heteroatoms. The number of nitrogens with one attached hydrogen (secondary N) is 1. The molecule has 8 nitrogen and oxygen atoms in total. The molecule has 1 N–H and O–H groups in total. The maximum Gasteiger partial charge on any atom is 0.243 e. The number of hydrogen-bond acceptors (Lipinski definition) is 5. The molecule has 0 bridgehead atoms. The molecule has 1 saturated carbocycles. The molecule has 45 heavy (non-hydrogen) atoms. The van der Waals surface area contributed by atoms with Gasteiger partial charge in [0.2, 0.25) is 21.8 Å². The van der Waals surface area contributed by atoms with E-state index in [0.717, 1.165) is 47.9 Å². The summed E-state index contributed by atoms with van der Waals surface area (Å²) in [4.78, 5) is 29.9. The van der Waals surface area contributed by atoms with Gasteiger partial charge < -0.3 is 15.0 Å². The lowest BCUT2D eigenvalue weighted by Crippen LogP contribution is -2.52. The molecule has 1 aliphatic rings. The van der Waals surface area contributed by atoms with Gasteiger partial charge in [-0.3, -0.25) is 13.9 Å². The summed E-state index contributed by atoms with van der Waals surface area (Å²) in [5.74, 6) is 0.311. The minimum Gasteiger partial charge on any atom is -0.497 e. The Bertz CT molecular complexity index is 1540. The van der Waals surface area contributed by atoms with Crippen LogP contribution in [0.1, 0.15) is 67.2 Å². The predicted octanol–water partition coefficient (Wildman–Crippen LogP) is 5.95. The number of rotatable bonds is 14. The molecule has 0 radical (unpaired) electrons. The number of benzene rings is 3. The van der Waals surface area contributed by atoms with Gasteiger partial charge in [0.1, 0.15) is 11.8 Å². The number of hydrogen-bond donors (Lipinski definition) is 1. The summed E-state index contributed by atoms with van der Waals surface area (Å²) < 4.78 is 32.5. The van der Waals surface area contributed by atoms with E-state index in [1.165, 1.54) is 17.0 Å². The molecule has 2 amide bonds. The van der Waals surface area contributed by atoms with E-state index in [2.05, 4.69) is 5.32 Å². The topological polar surface area (TPSA) is 96.0 Å². The van der Waals surface area contributed by atoms with Gasteiger partial charge >= 0.3 is 0 Å². The molecular weight excluding hydrogens is 586 g/mol. The number of nitrogens with zero attached hydrogens (tertiary/aromatic N) is 2. The van der Waals surface area contributed by atoms with Crippen molar-refractivity contribution < 1.29 is 22.7 Å². The molecule has 1 atom stereocenters. The Hall–Kier alpha value is -3.85. The second-order valence-corrected chi connectivity index (χ2v) is 14.1. The van der Waals surface area contributed by atoms with Crippen molar-refractivity contribution in [2.75, 3.05) is 24.2 Å². The third-order valence-corrected chi connectivity index (χ3v) is 9.68. The third kappa shape index (κ3) is 9.82. The number of sulfonamides is 1. The van der Waals surface area contributed by atoms with Gasteiger partial charge in [-0.05, 0) is 73.6 Å². The fourth-order valence-corrected chi connectivity index (χ4v) is 7.05. The number of carbonyl (C=O) groups is 2. The van der Waals surface area contributed by atoms with Crippen LogP contribution in [0.2, 0.25) is 0 Å². The van der Waals surface area contributed by atoms with E-state index in [1.54, 1.807) is 12.0 Å². The molecule has 0 aromatic heterocycles. The second kappa shape index (κ2) is 15.9. The van der Waals surface area contributed by atoms with Crippen LogP contribution >= 0.6 is 0 Å². The average Bonchev–Trinajstić information content (AvgIpc) is 3.02. The van der Waals surface area contributed by atoms with Crippen LogP contribution in [0, 0.1) is 13.8 Å². The lowest BCUT2D eigenvalue weighted by atomic mass is 9.94. The smallest absolute Gasteiger partial charge is 0.243 e. The van der Waals surface area contributed by atoms with E-state index in [4.69, 9.17) is 4.74 Å². The van der Waals surface area contributed by atoms with E-state index < -0.39 is 16.1 Å². The Morgan fingerprint density at radius 3 is 2.33 bits per heavy atom. The summed E-state index contributed by atoms with van der Waals surface area (Å²) in [6.45, 7) is 4.18. The average molecular weight is 634 g/mol. The van der Waals surface area contributed by atoms with Crippen molar-refractivity contribution in [3.05, 3.63) is 95.1 Å². The highest BCUT2D eigenvalue weighted by Crippen LogP contribution is 2.26. The summed E-state index contributed by atoms with van der Waals surface area (Å²) in [5.41, 5.74) is 4.23. The van der Waals surface area contributed by atoms with Crippen molar-refractivity contribution in [2.24, 2.45) is 0 Å². The van der Waals surface area contributed by atoms with Crippen LogP contribution in [0.25, 0.3) is 0 Å². The van der Waals surface area contributed by atoms with Gasteiger partial charge in [0.25, 0.3) is 0 Å². The zero-order valence-corrected chi connectivity index (χ0v) is 27.8. The predicted molar refractivity (Wildman–Crippen MR) is 180 cm³/mol. The molecular formula is C36H47N3O5S. The third-order valence-electron chi connectivity index (χ3n) is 8.50. The number of carbonyl (C=O) groups excluding carboxylic acids is 2. The molecule has 0 spiro atoms. The monoisotopic (exact) mass is 633 g/mol. The molecule has 1 fully saturated rings. The Labute approximate surface area is 268 Å². The van der Waals surface area contributed by atoms with Crippen LogP contribution in [-0.2, 0) is 32.6 Å². The van der Waals surface area contributed by atoms with Crippen LogP contribution in [0.4, 0.5) is 5.69 Å². The quantitative estimate of drug-likeness (QED) is 0.237. The molecule has 0 heterocycles. The van der Waals surface area contributed by atoms with Gasteiger partial charge in [-0.1, -0.05) is 73.9 Å².